The minimum Gasteiger partial charge on any atom is -0.298 e. The highest BCUT2D eigenvalue weighted by molar-refractivity contribution is 5.11. The first-order chi connectivity index (χ1) is 5.05. The molecule has 0 spiro atoms. The van der Waals surface area contributed by atoms with E-state index in [1.165, 1.54) is 13.0 Å². The quantitative estimate of drug-likeness (QED) is 0.509. The Hall–Kier alpha value is -0.0800. The SMILES string of the molecule is CC1N(C)C2CN(C)C1(C)C2. The van der Waals surface area contributed by atoms with Crippen LogP contribution in [0.3, 0.4) is 0 Å². The van der Waals surface area contributed by atoms with Gasteiger partial charge in [0.1, 0.15) is 0 Å². The van der Waals surface area contributed by atoms with Gasteiger partial charge in [-0.3, -0.25) is 9.80 Å². The summed E-state index contributed by atoms with van der Waals surface area (Å²) in [7, 11) is 4.51. The molecule has 0 aromatic carbocycles. The first-order valence-corrected chi connectivity index (χ1v) is 4.49. The van der Waals surface area contributed by atoms with E-state index in [0.29, 0.717) is 5.54 Å². The van der Waals surface area contributed by atoms with E-state index in [9.17, 15) is 0 Å². The first-order valence-electron chi connectivity index (χ1n) is 4.49. The Morgan fingerprint density at radius 1 is 1.36 bits per heavy atom. The zero-order valence-electron chi connectivity index (χ0n) is 7.96. The lowest BCUT2D eigenvalue weighted by Crippen LogP contribution is -2.55. The molecule has 2 aliphatic heterocycles. The molecule has 3 atom stereocenters. The van der Waals surface area contributed by atoms with Gasteiger partial charge in [0.25, 0.3) is 0 Å². The maximum absolute atomic E-state index is 2.53. The number of nitrogens with zero attached hydrogens (tertiary/aromatic N) is 2. The zero-order valence-corrected chi connectivity index (χ0v) is 7.96. The summed E-state index contributed by atoms with van der Waals surface area (Å²) in [6.45, 7) is 5.99. The fourth-order valence-electron chi connectivity index (χ4n) is 2.74. The molecule has 0 N–H and O–H groups in total. The van der Waals surface area contributed by atoms with Crippen molar-refractivity contribution < 1.29 is 0 Å². The van der Waals surface area contributed by atoms with Crippen LogP contribution in [-0.2, 0) is 0 Å². The van der Waals surface area contributed by atoms with Crippen LogP contribution in [0, 0.1) is 0 Å². The Balaban J connectivity index is 2.29. The smallest absolute Gasteiger partial charge is 0.0346 e. The van der Waals surface area contributed by atoms with Crippen molar-refractivity contribution in [2.24, 2.45) is 0 Å². The number of likely N-dealkylation sites (tertiary alicyclic amines) is 2. The van der Waals surface area contributed by atoms with E-state index < -0.39 is 0 Å². The highest BCUT2D eigenvalue weighted by Crippen LogP contribution is 2.42. The molecular weight excluding hydrogens is 136 g/mol. The summed E-state index contributed by atoms with van der Waals surface area (Å²) in [5, 5.41) is 0. The van der Waals surface area contributed by atoms with Crippen molar-refractivity contribution in [3.63, 3.8) is 0 Å². The van der Waals surface area contributed by atoms with E-state index in [4.69, 9.17) is 0 Å². The molecule has 2 bridgehead atoms. The van der Waals surface area contributed by atoms with Gasteiger partial charge in [-0.1, -0.05) is 0 Å². The van der Waals surface area contributed by atoms with Crippen LogP contribution in [0.2, 0.25) is 0 Å². The van der Waals surface area contributed by atoms with E-state index in [2.05, 4.69) is 37.7 Å². The molecule has 0 amide bonds. The van der Waals surface area contributed by atoms with Crippen molar-refractivity contribution in [1.29, 1.82) is 0 Å². The molecule has 11 heavy (non-hydrogen) atoms. The second-order valence-electron chi connectivity index (χ2n) is 4.44. The Morgan fingerprint density at radius 3 is 2.36 bits per heavy atom. The topological polar surface area (TPSA) is 6.48 Å². The predicted molar refractivity (Wildman–Crippen MR) is 46.7 cm³/mol. The lowest BCUT2D eigenvalue weighted by molar-refractivity contribution is 0.0636. The maximum Gasteiger partial charge on any atom is 0.0346 e. The number of piperazine rings is 1. The fraction of sp³-hybridized carbons (Fsp3) is 1.00. The van der Waals surface area contributed by atoms with Crippen LogP contribution < -0.4 is 0 Å². The van der Waals surface area contributed by atoms with E-state index in [-0.39, 0.29) is 0 Å². The van der Waals surface area contributed by atoms with Gasteiger partial charge in [-0.05, 0) is 34.4 Å². The first kappa shape index (κ1) is 7.56. The number of hydrogen-bond donors (Lipinski definition) is 0. The summed E-state index contributed by atoms with van der Waals surface area (Å²) >= 11 is 0. The molecule has 0 aliphatic carbocycles. The standard InChI is InChI=1S/C9H18N2/c1-7-9(2)5-8(11(7)4)6-10(9)3/h7-8H,5-6H2,1-4H3. The van der Waals surface area contributed by atoms with Gasteiger partial charge in [0, 0.05) is 24.2 Å². The third-order valence-corrected chi connectivity index (χ3v) is 4.09. The van der Waals surface area contributed by atoms with Crippen LogP contribution >= 0.6 is 0 Å². The van der Waals surface area contributed by atoms with E-state index in [1.54, 1.807) is 0 Å². The number of rotatable bonds is 0. The molecule has 2 aliphatic rings. The van der Waals surface area contributed by atoms with Crippen molar-refractivity contribution in [2.45, 2.75) is 37.9 Å². The van der Waals surface area contributed by atoms with Crippen molar-refractivity contribution in [3.8, 4) is 0 Å². The van der Waals surface area contributed by atoms with Crippen LogP contribution in [0.1, 0.15) is 20.3 Å². The summed E-state index contributed by atoms with van der Waals surface area (Å²) in [5.41, 5.74) is 0.458. The van der Waals surface area contributed by atoms with E-state index in [0.717, 1.165) is 12.1 Å². The second kappa shape index (κ2) is 1.99. The molecule has 2 saturated heterocycles. The predicted octanol–water partition coefficient (Wildman–Crippen LogP) is 0.783. The average molecular weight is 154 g/mol. The normalized spacial score (nSPS) is 52.4. The largest absolute Gasteiger partial charge is 0.298 e. The Labute approximate surface area is 69.2 Å². The van der Waals surface area contributed by atoms with E-state index in [1.807, 2.05) is 0 Å². The van der Waals surface area contributed by atoms with Gasteiger partial charge in [0.05, 0.1) is 0 Å². The second-order valence-corrected chi connectivity index (χ2v) is 4.44. The van der Waals surface area contributed by atoms with Crippen molar-refractivity contribution in [1.82, 2.24) is 9.80 Å². The molecule has 64 valence electrons. The number of likely N-dealkylation sites (N-methyl/N-ethyl adjacent to an activating group) is 2. The molecule has 0 aromatic rings. The molecule has 2 nitrogen and oxygen atoms in total. The van der Waals surface area contributed by atoms with Gasteiger partial charge in [-0.2, -0.15) is 0 Å². The molecule has 0 saturated carbocycles. The van der Waals surface area contributed by atoms with E-state index >= 15 is 0 Å². The fourth-order valence-corrected chi connectivity index (χ4v) is 2.74. The molecule has 3 unspecified atom stereocenters. The minimum absolute atomic E-state index is 0.458. The lowest BCUT2D eigenvalue weighted by Gasteiger charge is -2.42. The molecule has 2 fully saturated rings. The maximum atomic E-state index is 2.53. The average Bonchev–Trinajstić information content (AvgIpc) is 2.34. The summed E-state index contributed by atoms with van der Waals surface area (Å²) in [5.74, 6) is 0. The summed E-state index contributed by atoms with van der Waals surface area (Å²) in [6, 6.07) is 1.55. The summed E-state index contributed by atoms with van der Waals surface area (Å²) < 4.78 is 0. The van der Waals surface area contributed by atoms with Crippen molar-refractivity contribution in [2.75, 3.05) is 20.6 Å². The Kier molecular flexibility index (Phi) is 1.37. The lowest BCUT2D eigenvalue weighted by atomic mass is 9.94. The van der Waals surface area contributed by atoms with Crippen molar-refractivity contribution in [3.05, 3.63) is 0 Å². The van der Waals surface area contributed by atoms with Gasteiger partial charge < -0.3 is 0 Å². The molecule has 0 aromatic heterocycles. The molecule has 0 radical (unpaired) electrons. The highest BCUT2D eigenvalue weighted by Gasteiger charge is 2.53. The van der Waals surface area contributed by atoms with Gasteiger partial charge in [0.2, 0.25) is 0 Å². The van der Waals surface area contributed by atoms with Crippen LogP contribution in [0.25, 0.3) is 0 Å². The number of hydrogen-bond acceptors (Lipinski definition) is 2. The third-order valence-electron chi connectivity index (χ3n) is 4.09. The Morgan fingerprint density at radius 2 is 2.00 bits per heavy atom. The number of fused-ring (bicyclic) bond motifs is 2. The minimum atomic E-state index is 0.458. The van der Waals surface area contributed by atoms with Gasteiger partial charge in [-0.25, -0.2) is 0 Å². The zero-order chi connectivity index (χ0) is 8.22. The van der Waals surface area contributed by atoms with Gasteiger partial charge >= 0.3 is 0 Å². The van der Waals surface area contributed by atoms with Crippen LogP contribution in [0.4, 0.5) is 0 Å². The van der Waals surface area contributed by atoms with Crippen LogP contribution in [-0.4, -0.2) is 48.1 Å². The van der Waals surface area contributed by atoms with Crippen molar-refractivity contribution >= 4 is 0 Å². The monoisotopic (exact) mass is 154 g/mol. The summed E-state index contributed by atoms with van der Waals surface area (Å²) in [4.78, 5) is 5.04. The molecule has 2 heteroatoms. The summed E-state index contributed by atoms with van der Waals surface area (Å²) in [6.07, 6.45) is 1.36. The third kappa shape index (κ3) is 0.744. The van der Waals surface area contributed by atoms with Crippen LogP contribution in [0.15, 0.2) is 0 Å². The highest BCUT2D eigenvalue weighted by atomic mass is 15.4. The molecule has 2 heterocycles. The van der Waals surface area contributed by atoms with Crippen LogP contribution in [0.5, 0.6) is 0 Å². The molecular formula is C9H18N2. The van der Waals surface area contributed by atoms with Gasteiger partial charge in [-0.15, -0.1) is 0 Å². The molecule has 2 rings (SSSR count). The van der Waals surface area contributed by atoms with Gasteiger partial charge in [0.15, 0.2) is 0 Å². The Bertz CT molecular complexity index is 180.